The summed E-state index contributed by atoms with van der Waals surface area (Å²) in [5, 5.41) is 0. The van der Waals surface area contributed by atoms with Crippen LogP contribution in [-0.2, 0) is 16.4 Å². The summed E-state index contributed by atoms with van der Waals surface area (Å²) in [5.74, 6) is 2.06. The molecule has 1 aliphatic rings. The number of ether oxygens (including phenoxy) is 2. The molecule has 0 saturated carbocycles. The van der Waals surface area contributed by atoms with Crippen molar-refractivity contribution in [2.24, 2.45) is 5.92 Å². The maximum Gasteiger partial charge on any atom is 0.211 e. The van der Waals surface area contributed by atoms with Crippen molar-refractivity contribution >= 4 is 10.0 Å². The third kappa shape index (κ3) is 6.09. The van der Waals surface area contributed by atoms with Crippen LogP contribution in [0.3, 0.4) is 0 Å². The quantitative estimate of drug-likeness (QED) is 0.640. The molecule has 0 aromatic heterocycles. The van der Waals surface area contributed by atoms with Gasteiger partial charge in [-0.05, 0) is 56.3 Å². The van der Waals surface area contributed by atoms with Gasteiger partial charge in [0.1, 0.15) is 0 Å². The van der Waals surface area contributed by atoms with Crippen molar-refractivity contribution in [3.05, 3.63) is 23.8 Å². The van der Waals surface area contributed by atoms with E-state index in [1.807, 2.05) is 12.1 Å². The molecule has 0 radical (unpaired) electrons. The molecule has 7 heteroatoms. The number of benzene rings is 1. The molecule has 154 valence electrons. The predicted molar refractivity (Wildman–Crippen MR) is 109 cm³/mol. The molecule has 1 atom stereocenters. The van der Waals surface area contributed by atoms with Crippen molar-refractivity contribution in [1.29, 1.82) is 0 Å². The van der Waals surface area contributed by atoms with Gasteiger partial charge in [0.15, 0.2) is 11.5 Å². The van der Waals surface area contributed by atoms with Crippen LogP contribution in [0.4, 0.5) is 0 Å². The molecule has 1 aromatic carbocycles. The molecular weight excluding hydrogens is 364 g/mol. The van der Waals surface area contributed by atoms with E-state index in [0.717, 1.165) is 43.9 Å². The first-order chi connectivity index (χ1) is 12.8. The Morgan fingerprint density at radius 3 is 2.33 bits per heavy atom. The standard InChI is InChI=1S/C20H34N2O4S/c1-6-21(15-17-9-11-22(12-10-17)27(5,23)24)16(2)13-18-7-8-19(25-3)20(14-18)26-4/h7-8,14,16-17H,6,9-13,15H2,1-5H3. The number of sulfonamides is 1. The van der Waals surface area contributed by atoms with Gasteiger partial charge in [-0.3, -0.25) is 0 Å². The smallest absolute Gasteiger partial charge is 0.211 e. The van der Waals surface area contributed by atoms with Crippen LogP contribution in [0.25, 0.3) is 0 Å². The lowest BCUT2D eigenvalue weighted by molar-refractivity contribution is 0.152. The van der Waals surface area contributed by atoms with Gasteiger partial charge in [0, 0.05) is 25.7 Å². The molecule has 0 aliphatic carbocycles. The van der Waals surface area contributed by atoms with Crippen molar-refractivity contribution in [3.8, 4) is 11.5 Å². The fourth-order valence-corrected chi connectivity index (χ4v) is 4.73. The highest BCUT2D eigenvalue weighted by molar-refractivity contribution is 7.88. The van der Waals surface area contributed by atoms with Crippen LogP contribution in [0.2, 0.25) is 0 Å². The molecule has 1 saturated heterocycles. The lowest BCUT2D eigenvalue weighted by Crippen LogP contribution is -2.43. The second kappa shape index (κ2) is 9.75. The van der Waals surface area contributed by atoms with Crippen LogP contribution in [0, 0.1) is 5.92 Å². The first kappa shape index (κ1) is 22.0. The molecular formula is C20H34N2O4S. The number of likely N-dealkylation sites (N-methyl/N-ethyl adjacent to an activating group) is 1. The summed E-state index contributed by atoms with van der Waals surface area (Å²) in [7, 11) is 0.251. The van der Waals surface area contributed by atoms with Crippen LogP contribution in [0.1, 0.15) is 32.3 Å². The van der Waals surface area contributed by atoms with Crippen molar-refractivity contribution in [2.75, 3.05) is 46.7 Å². The Hall–Kier alpha value is -1.31. The van der Waals surface area contributed by atoms with E-state index in [2.05, 4.69) is 24.8 Å². The van der Waals surface area contributed by atoms with Crippen LogP contribution >= 0.6 is 0 Å². The largest absolute Gasteiger partial charge is 0.493 e. The number of hydrogen-bond acceptors (Lipinski definition) is 5. The highest BCUT2D eigenvalue weighted by atomic mass is 32.2. The van der Waals surface area contributed by atoms with E-state index >= 15 is 0 Å². The Morgan fingerprint density at radius 2 is 1.81 bits per heavy atom. The molecule has 1 unspecified atom stereocenters. The number of rotatable bonds is 9. The van der Waals surface area contributed by atoms with Gasteiger partial charge >= 0.3 is 0 Å². The van der Waals surface area contributed by atoms with Gasteiger partial charge in [-0.25, -0.2) is 12.7 Å². The zero-order chi connectivity index (χ0) is 20.0. The van der Waals surface area contributed by atoms with Crippen molar-refractivity contribution in [2.45, 2.75) is 39.2 Å². The number of hydrogen-bond donors (Lipinski definition) is 0. The molecule has 2 rings (SSSR count). The monoisotopic (exact) mass is 398 g/mol. The lowest BCUT2D eigenvalue weighted by atomic mass is 9.96. The minimum atomic E-state index is -3.06. The fraction of sp³-hybridized carbons (Fsp3) is 0.700. The van der Waals surface area contributed by atoms with E-state index in [-0.39, 0.29) is 0 Å². The van der Waals surface area contributed by atoms with Gasteiger partial charge in [-0.2, -0.15) is 0 Å². The molecule has 6 nitrogen and oxygen atoms in total. The van der Waals surface area contributed by atoms with Crippen LogP contribution in [0.5, 0.6) is 11.5 Å². The highest BCUT2D eigenvalue weighted by Crippen LogP contribution is 2.28. The van der Waals surface area contributed by atoms with E-state index in [1.165, 1.54) is 11.8 Å². The Labute approximate surface area is 164 Å². The molecule has 27 heavy (non-hydrogen) atoms. The van der Waals surface area contributed by atoms with Gasteiger partial charge in [0.2, 0.25) is 10.0 Å². The Balaban J connectivity index is 1.93. The summed E-state index contributed by atoms with van der Waals surface area (Å²) in [6.07, 6.45) is 4.12. The number of nitrogens with zero attached hydrogens (tertiary/aromatic N) is 2. The predicted octanol–water partition coefficient (Wildman–Crippen LogP) is 2.63. The van der Waals surface area contributed by atoms with Crippen LogP contribution < -0.4 is 9.47 Å². The zero-order valence-corrected chi connectivity index (χ0v) is 18.1. The Kier molecular flexibility index (Phi) is 7.94. The average Bonchev–Trinajstić information content (AvgIpc) is 2.65. The summed E-state index contributed by atoms with van der Waals surface area (Å²) < 4.78 is 35.7. The third-order valence-electron chi connectivity index (χ3n) is 5.54. The third-order valence-corrected chi connectivity index (χ3v) is 6.85. The van der Waals surface area contributed by atoms with Gasteiger partial charge in [-0.1, -0.05) is 13.0 Å². The van der Waals surface area contributed by atoms with Crippen LogP contribution in [-0.4, -0.2) is 70.3 Å². The van der Waals surface area contributed by atoms with E-state index in [1.54, 1.807) is 18.5 Å². The summed E-state index contributed by atoms with van der Waals surface area (Å²) >= 11 is 0. The summed E-state index contributed by atoms with van der Waals surface area (Å²) in [4.78, 5) is 2.50. The second-order valence-electron chi connectivity index (χ2n) is 7.44. The Bertz CT molecular complexity index is 700. The fourth-order valence-electron chi connectivity index (χ4n) is 3.85. The maximum absolute atomic E-state index is 11.7. The lowest BCUT2D eigenvalue weighted by Gasteiger charge is -2.36. The van der Waals surface area contributed by atoms with E-state index < -0.39 is 10.0 Å². The topological polar surface area (TPSA) is 59.1 Å². The second-order valence-corrected chi connectivity index (χ2v) is 9.42. The number of piperidine rings is 1. The molecule has 1 fully saturated rings. The SMILES string of the molecule is CCN(CC1CCN(S(C)(=O)=O)CC1)C(C)Cc1ccc(OC)c(OC)c1. The molecule has 0 bridgehead atoms. The summed E-state index contributed by atoms with van der Waals surface area (Å²) in [6.45, 7) is 7.74. The molecule has 0 spiro atoms. The normalized spacial score (nSPS) is 17.9. The van der Waals surface area contributed by atoms with Crippen LogP contribution in [0.15, 0.2) is 18.2 Å². The van der Waals surface area contributed by atoms with E-state index in [4.69, 9.17) is 9.47 Å². The molecule has 1 aromatic rings. The van der Waals surface area contributed by atoms with Gasteiger partial charge in [-0.15, -0.1) is 0 Å². The zero-order valence-electron chi connectivity index (χ0n) is 17.3. The molecule has 0 amide bonds. The van der Waals surface area contributed by atoms with Gasteiger partial charge in [0.25, 0.3) is 0 Å². The number of methoxy groups -OCH3 is 2. The average molecular weight is 399 g/mol. The minimum absolute atomic E-state index is 0.404. The van der Waals surface area contributed by atoms with Crippen molar-refractivity contribution in [3.63, 3.8) is 0 Å². The molecule has 1 aliphatic heterocycles. The molecule has 0 N–H and O–H groups in total. The first-order valence-electron chi connectivity index (χ1n) is 9.68. The summed E-state index contributed by atoms with van der Waals surface area (Å²) in [6, 6.07) is 6.50. The van der Waals surface area contributed by atoms with E-state index in [9.17, 15) is 8.42 Å². The van der Waals surface area contributed by atoms with Gasteiger partial charge in [0.05, 0.1) is 20.5 Å². The summed E-state index contributed by atoms with van der Waals surface area (Å²) in [5.41, 5.74) is 1.23. The maximum atomic E-state index is 11.7. The molecule has 1 heterocycles. The Morgan fingerprint density at radius 1 is 1.19 bits per heavy atom. The first-order valence-corrected chi connectivity index (χ1v) is 11.5. The van der Waals surface area contributed by atoms with Gasteiger partial charge < -0.3 is 14.4 Å². The van der Waals surface area contributed by atoms with E-state index in [0.29, 0.717) is 25.0 Å². The van der Waals surface area contributed by atoms with Crippen molar-refractivity contribution < 1.29 is 17.9 Å². The highest BCUT2D eigenvalue weighted by Gasteiger charge is 2.27. The minimum Gasteiger partial charge on any atom is -0.493 e. The van der Waals surface area contributed by atoms with Crippen molar-refractivity contribution in [1.82, 2.24) is 9.21 Å².